The third-order valence-corrected chi connectivity index (χ3v) is 6.02. The van der Waals surface area contributed by atoms with Gasteiger partial charge in [0.1, 0.15) is 0 Å². The average molecular weight is 397 g/mol. The van der Waals surface area contributed by atoms with Gasteiger partial charge in [0, 0.05) is 25.0 Å². The van der Waals surface area contributed by atoms with E-state index in [1.54, 1.807) is 12.4 Å². The maximum atomic E-state index is 12.5. The molecule has 27 heavy (non-hydrogen) atoms. The van der Waals surface area contributed by atoms with Crippen molar-refractivity contribution >= 4 is 44.4 Å². The van der Waals surface area contributed by atoms with Gasteiger partial charge < -0.3 is 9.88 Å². The summed E-state index contributed by atoms with van der Waals surface area (Å²) in [5.41, 5.74) is 1.76. The third kappa shape index (κ3) is 3.69. The predicted octanol–water partition coefficient (Wildman–Crippen LogP) is 3.61. The molecule has 0 saturated heterocycles. The van der Waals surface area contributed by atoms with Crippen molar-refractivity contribution in [2.45, 2.75) is 17.3 Å². The Morgan fingerprint density at radius 1 is 1.22 bits per heavy atom. The second-order valence-corrected chi connectivity index (χ2v) is 8.18. The van der Waals surface area contributed by atoms with Gasteiger partial charge >= 0.3 is 0 Å². The van der Waals surface area contributed by atoms with Gasteiger partial charge in [-0.3, -0.25) is 9.78 Å². The molecule has 0 bridgehead atoms. The highest BCUT2D eigenvalue weighted by atomic mass is 32.2. The first-order valence-electron chi connectivity index (χ1n) is 8.24. The van der Waals surface area contributed by atoms with Crippen molar-refractivity contribution < 1.29 is 4.79 Å². The van der Waals surface area contributed by atoms with Crippen molar-refractivity contribution in [2.24, 2.45) is 7.05 Å². The van der Waals surface area contributed by atoms with Crippen LogP contribution in [0, 0.1) is 0 Å². The van der Waals surface area contributed by atoms with Crippen LogP contribution in [0.4, 0.5) is 5.13 Å². The van der Waals surface area contributed by atoms with Gasteiger partial charge in [0.2, 0.25) is 5.91 Å². The molecule has 0 aliphatic carbocycles. The van der Waals surface area contributed by atoms with Crippen LogP contribution >= 0.6 is 23.1 Å². The van der Waals surface area contributed by atoms with E-state index < -0.39 is 0 Å². The highest BCUT2D eigenvalue weighted by Crippen LogP contribution is 2.28. The van der Waals surface area contributed by atoms with Crippen LogP contribution in [-0.4, -0.2) is 35.9 Å². The summed E-state index contributed by atoms with van der Waals surface area (Å²) in [6, 6.07) is 11.6. The van der Waals surface area contributed by atoms with Crippen LogP contribution in [0.2, 0.25) is 0 Å². The standard InChI is InChI=1S/C18H16N6OS2/c1-11(16(25)21-17-20-13-7-3-4-8-14(13)27-17)26-18-23-22-15(24(18)2)12-6-5-9-19-10-12/h3-11H,1-2H3,(H,20,21,25)/t11-/m0/s1. The number of benzene rings is 1. The molecule has 0 unspecified atom stereocenters. The summed E-state index contributed by atoms with van der Waals surface area (Å²) in [6.45, 7) is 1.84. The molecule has 1 aromatic carbocycles. The minimum absolute atomic E-state index is 0.120. The van der Waals surface area contributed by atoms with E-state index in [1.807, 2.05) is 54.9 Å². The number of hydrogen-bond donors (Lipinski definition) is 1. The monoisotopic (exact) mass is 396 g/mol. The average Bonchev–Trinajstić information content (AvgIpc) is 3.25. The maximum absolute atomic E-state index is 12.5. The quantitative estimate of drug-likeness (QED) is 0.519. The Morgan fingerprint density at radius 3 is 2.85 bits per heavy atom. The number of nitrogens with zero attached hydrogens (tertiary/aromatic N) is 5. The minimum atomic E-state index is -0.346. The molecule has 1 N–H and O–H groups in total. The lowest BCUT2D eigenvalue weighted by atomic mass is 10.3. The summed E-state index contributed by atoms with van der Waals surface area (Å²) < 4.78 is 2.91. The van der Waals surface area contributed by atoms with Gasteiger partial charge in [-0.2, -0.15) is 0 Å². The topological polar surface area (TPSA) is 85.6 Å². The lowest BCUT2D eigenvalue weighted by Gasteiger charge is -2.10. The predicted molar refractivity (Wildman–Crippen MR) is 108 cm³/mol. The van der Waals surface area contributed by atoms with E-state index in [9.17, 15) is 4.79 Å². The summed E-state index contributed by atoms with van der Waals surface area (Å²) in [5, 5.41) is 12.2. The van der Waals surface area contributed by atoms with Crippen LogP contribution in [0.15, 0.2) is 53.9 Å². The van der Waals surface area contributed by atoms with Gasteiger partial charge in [0.15, 0.2) is 16.1 Å². The fraction of sp³-hybridized carbons (Fsp3) is 0.167. The molecule has 0 aliphatic heterocycles. The van der Waals surface area contributed by atoms with E-state index in [0.29, 0.717) is 16.1 Å². The highest BCUT2D eigenvalue weighted by molar-refractivity contribution is 8.00. The zero-order chi connectivity index (χ0) is 18.8. The van der Waals surface area contributed by atoms with Crippen LogP contribution in [0.3, 0.4) is 0 Å². The van der Waals surface area contributed by atoms with Crippen LogP contribution < -0.4 is 5.32 Å². The molecule has 4 aromatic rings. The van der Waals surface area contributed by atoms with Crippen molar-refractivity contribution in [1.29, 1.82) is 0 Å². The molecule has 0 saturated carbocycles. The van der Waals surface area contributed by atoms with Crippen molar-refractivity contribution in [2.75, 3.05) is 5.32 Å². The number of aromatic nitrogens is 5. The number of amides is 1. The Morgan fingerprint density at radius 2 is 2.07 bits per heavy atom. The fourth-order valence-corrected chi connectivity index (χ4v) is 4.19. The van der Waals surface area contributed by atoms with E-state index >= 15 is 0 Å². The molecule has 0 radical (unpaired) electrons. The number of thioether (sulfide) groups is 1. The molecule has 4 rings (SSSR count). The number of thiazole rings is 1. The van der Waals surface area contributed by atoms with Gasteiger partial charge in [-0.25, -0.2) is 4.98 Å². The zero-order valence-corrected chi connectivity index (χ0v) is 16.3. The van der Waals surface area contributed by atoms with Crippen LogP contribution in [0.25, 0.3) is 21.6 Å². The first-order chi connectivity index (χ1) is 13.1. The maximum Gasteiger partial charge on any atom is 0.239 e. The molecule has 7 nitrogen and oxygen atoms in total. The largest absolute Gasteiger partial charge is 0.305 e. The van der Waals surface area contributed by atoms with Crippen molar-refractivity contribution in [3.63, 3.8) is 0 Å². The van der Waals surface area contributed by atoms with E-state index in [1.165, 1.54) is 23.1 Å². The van der Waals surface area contributed by atoms with Gasteiger partial charge in [0.05, 0.1) is 15.5 Å². The Hall–Kier alpha value is -2.78. The van der Waals surface area contributed by atoms with Crippen LogP contribution in [0.1, 0.15) is 6.92 Å². The normalized spacial score (nSPS) is 12.2. The Kier molecular flexibility index (Phi) is 4.87. The van der Waals surface area contributed by atoms with Crippen molar-refractivity contribution in [3.8, 4) is 11.4 Å². The number of rotatable bonds is 5. The summed E-state index contributed by atoms with van der Waals surface area (Å²) >= 11 is 2.82. The van der Waals surface area contributed by atoms with Gasteiger partial charge in [-0.1, -0.05) is 35.2 Å². The van der Waals surface area contributed by atoms with E-state index in [0.717, 1.165) is 15.8 Å². The van der Waals surface area contributed by atoms with Crippen molar-refractivity contribution in [3.05, 3.63) is 48.8 Å². The lowest BCUT2D eigenvalue weighted by Crippen LogP contribution is -2.22. The third-order valence-electron chi connectivity index (χ3n) is 3.93. The molecule has 0 spiro atoms. The molecular formula is C18H16N6OS2. The molecule has 0 aliphatic rings. The molecule has 0 fully saturated rings. The lowest BCUT2D eigenvalue weighted by molar-refractivity contribution is -0.115. The first kappa shape index (κ1) is 17.6. The molecule has 136 valence electrons. The van der Waals surface area contributed by atoms with Crippen molar-refractivity contribution in [1.82, 2.24) is 24.7 Å². The second kappa shape index (κ2) is 7.45. The number of anilines is 1. The fourth-order valence-electron chi connectivity index (χ4n) is 2.51. The second-order valence-electron chi connectivity index (χ2n) is 5.84. The van der Waals surface area contributed by atoms with Gasteiger partial charge in [-0.05, 0) is 31.2 Å². The number of carbonyl (C=O) groups is 1. The van der Waals surface area contributed by atoms with Crippen LogP contribution in [0.5, 0.6) is 0 Å². The molecule has 1 amide bonds. The molecule has 3 aromatic heterocycles. The summed E-state index contributed by atoms with van der Waals surface area (Å²) in [5.74, 6) is 0.592. The Labute approximate surface area is 163 Å². The Bertz CT molecular complexity index is 1060. The minimum Gasteiger partial charge on any atom is -0.305 e. The molecule has 9 heteroatoms. The number of para-hydroxylation sites is 1. The van der Waals surface area contributed by atoms with Crippen LogP contribution in [-0.2, 0) is 11.8 Å². The SMILES string of the molecule is C[C@H](Sc1nnc(-c2cccnc2)n1C)C(=O)Nc1nc2ccccc2s1. The molecule has 1 atom stereocenters. The number of hydrogen-bond acceptors (Lipinski definition) is 7. The van der Waals surface area contributed by atoms with E-state index in [2.05, 4.69) is 25.5 Å². The number of fused-ring (bicyclic) bond motifs is 1. The molecular weight excluding hydrogens is 380 g/mol. The summed E-state index contributed by atoms with van der Waals surface area (Å²) in [4.78, 5) is 21.1. The van der Waals surface area contributed by atoms with E-state index in [-0.39, 0.29) is 11.2 Å². The summed E-state index contributed by atoms with van der Waals surface area (Å²) in [6.07, 6.45) is 3.45. The number of nitrogens with one attached hydrogen (secondary N) is 1. The first-order valence-corrected chi connectivity index (χ1v) is 9.94. The molecule has 3 heterocycles. The summed E-state index contributed by atoms with van der Waals surface area (Å²) in [7, 11) is 1.88. The Balaban J connectivity index is 1.46. The highest BCUT2D eigenvalue weighted by Gasteiger charge is 2.20. The smallest absolute Gasteiger partial charge is 0.239 e. The number of carbonyl (C=O) groups excluding carboxylic acids is 1. The zero-order valence-electron chi connectivity index (χ0n) is 14.7. The van der Waals surface area contributed by atoms with Gasteiger partial charge in [-0.15, -0.1) is 10.2 Å². The van der Waals surface area contributed by atoms with E-state index in [4.69, 9.17) is 0 Å². The number of pyridine rings is 1. The van der Waals surface area contributed by atoms with Gasteiger partial charge in [0.25, 0.3) is 0 Å².